The fourth-order valence-corrected chi connectivity index (χ4v) is 4.83. The standard InChI is InChI=1S/C33H38FNO7/c1-2-39-31(32(36)37)22-24-8-13-28(14-9-24)41-21-19-35(18-3-4-20-40-29-16-11-27(34)12-17-29)33(38)42-30-15-10-25-6-5-7-26(25)23-30/h8-17,23,31H,2-7,18-22H2,1H3,(H,36,37). The van der Waals surface area contributed by atoms with E-state index in [1.807, 2.05) is 30.3 Å². The number of unbranched alkanes of at least 4 members (excludes halogenated alkanes) is 1. The second-order valence-corrected chi connectivity index (χ2v) is 10.1. The number of benzene rings is 3. The Morgan fingerprint density at radius 3 is 2.24 bits per heavy atom. The summed E-state index contributed by atoms with van der Waals surface area (Å²) in [6.07, 6.45) is 3.46. The molecule has 0 heterocycles. The molecule has 0 aromatic heterocycles. The van der Waals surface area contributed by atoms with Crippen molar-refractivity contribution in [3.63, 3.8) is 0 Å². The maximum atomic E-state index is 13.1. The van der Waals surface area contributed by atoms with Gasteiger partial charge in [0.25, 0.3) is 0 Å². The molecule has 9 heteroatoms. The van der Waals surface area contributed by atoms with Gasteiger partial charge < -0.3 is 29.0 Å². The molecular formula is C33H38FNO7. The van der Waals surface area contributed by atoms with Crippen molar-refractivity contribution < 1.29 is 38.0 Å². The molecule has 3 aromatic carbocycles. The van der Waals surface area contributed by atoms with E-state index < -0.39 is 18.2 Å². The van der Waals surface area contributed by atoms with Crippen molar-refractivity contribution in [1.29, 1.82) is 0 Å². The summed E-state index contributed by atoms with van der Waals surface area (Å²) in [4.78, 5) is 26.1. The first-order valence-corrected chi connectivity index (χ1v) is 14.4. The number of aliphatic carboxylic acids is 1. The molecule has 1 atom stereocenters. The van der Waals surface area contributed by atoms with E-state index in [4.69, 9.17) is 18.9 Å². The molecular weight excluding hydrogens is 541 g/mol. The normalized spacial score (nSPS) is 12.8. The quantitative estimate of drug-likeness (QED) is 0.205. The van der Waals surface area contributed by atoms with Crippen molar-refractivity contribution in [3.8, 4) is 17.2 Å². The van der Waals surface area contributed by atoms with E-state index in [0.29, 0.717) is 56.4 Å². The number of rotatable bonds is 16. The largest absolute Gasteiger partial charge is 0.494 e. The Morgan fingerprint density at radius 2 is 1.52 bits per heavy atom. The average Bonchev–Trinajstić information content (AvgIpc) is 3.45. The highest BCUT2D eigenvalue weighted by atomic mass is 19.1. The monoisotopic (exact) mass is 579 g/mol. The van der Waals surface area contributed by atoms with Crippen molar-refractivity contribution in [1.82, 2.24) is 4.90 Å². The second kappa shape index (κ2) is 15.8. The lowest BCUT2D eigenvalue weighted by molar-refractivity contribution is -0.149. The van der Waals surface area contributed by atoms with Gasteiger partial charge in [0.05, 0.1) is 13.2 Å². The van der Waals surface area contributed by atoms with Gasteiger partial charge in [-0.25, -0.2) is 14.0 Å². The number of ether oxygens (including phenoxy) is 4. The zero-order valence-electron chi connectivity index (χ0n) is 23.9. The summed E-state index contributed by atoms with van der Waals surface area (Å²) >= 11 is 0. The van der Waals surface area contributed by atoms with Gasteiger partial charge in [-0.15, -0.1) is 0 Å². The van der Waals surface area contributed by atoms with E-state index in [9.17, 15) is 19.1 Å². The molecule has 0 saturated heterocycles. The molecule has 0 spiro atoms. The topological polar surface area (TPSA) is 94.5 Å². The van der Waals surface area contributed by atoms with Crippen molar-refractivity contribution in [2.45, 2.75) is 51.6 Å². The third-order valence-corrected chi connectivity index (χ3v) is 7.06. The van der Waals surface area contributed by atoms with Gasteiger partial charge in [0, 0.05) is 19.6 Å². The van der Waals surface area contributed by atoms with Crippen LogP contribution in [0.25, 0.3) is 0 Å². The van der Waals surface area contributed by atoms with Gasteiger partial charge in [-0.2, -0.15) is 0 Å². The van der Waals surface area contributed by atoms with Crippen LogP contribution in [-0.4, -0.2) is 61.1 Å². The first-order chi connectivity index (χ1) is 20.4. The number of nitrogens with zero attached hydrogens (tertiary/aromatic N) is 1. The molecule has 1 unspecified atom stereocenters. The Balaban J connectivity index is 1.29. The van der Waals surface area contributed by atoms with E-state index >= 15 is 0 Å². The summed E-state index contributed by atoms with van der Waals surface area (Å²) in [6.45, 7) is 3.54. The Bertz CT molecular complexity index is 1300. The number of hydrogen-bond donors (Lipinski definition) is 1. The molecule has 1 aliphatic carbocycles. The number of aryl methyl sites for hydroxylation is 2. The minimum Gasteiger partial charge on any atom is -0.494 e. The first kappa shape index (κ1) is 30.8. The van der Waals surface area contributed by atoms with Crippen LogP contribution >= 0.6 is 0 Å². The molecule has 8 nitrogen and oxygen atoms in total. The minimum atomic E-state index is -0.994. The van der Waals surface area contributed by atoms with Crippen molar-refractivity contribution in [2.24, 2.45) is 0 Å². The summed E-state index contributed by atoms with van der Waals surface area (Å²) < 4.78 is 35.7. The molecule has 0 saturated carbocycles. The van der Waals surface area contributed by atoms with Gasteiger partial charge in [0.2, 0.25) is 0 Å². The number of carbonyl (C=O) groups is 2. The summed E-state index contributed by atoms with van der Waals surface area (Å²) in [5.74, 6) is 0.438. The summed E-state index contributed by atoms with van der Waals surface area (Å²) in [7, 11) is 0. The van der Waals surface area contributed by atoms with E-state index in [1.54, 1.807) is 36.1 Å². The Morgan fingerprint density at radius 1 is 0.857 bits per heavy atom. The van der Waals surface area contributed by atoms with Crippen molar-refractivity contribution >= 4 is 12.1 Å². The van der Waals surface area contributed by atoms with Crippen LogP contribution in [0.5, 0.6) is 17.2 Å². The van der Waals surface area contributed by atoms with Gasteiger partial charge in [0.15, 0.2) is 6.10 Å². The predicted octanol–water partition coefficient (Wildman–Crippen LogP) is 6.09. The number of carbonyl (C=O) groups excluding carboxylic acids is 1. The summed E-state index contributed by atoms with van der Waals surface area (Å²) in [5, 5.41) is 9.31. The fraction of sp³-hybridized carbons (Fsp3) is 0.394. The van der Waals surface area contributed by atoms with Crippen LogP contribution in [0, 0.1) is 5.82 Å². The minimum absolute atomic E-state index is 0.251. The van der Waals surface area contributed by atoms with Gasteiger partial charge in [0.1, 0.15) is 29.7 Å². The van der Waals surface area contributed by atoms with Gasteiger partial charge in [-0.3, -0.25) is 0 Å². The second-order valence-electron chi connectivity index (χ2n) is 10.1. The van der Waals surface area contributed by atoms with E-state index in [2.05, 4.69) is 0 Å². The number of hydrogen-bond acceptors (Lipinski definition) is 6. The lowest BCUT2D eigenvalue weighted by Crippen LogP contribution is -2.37. The highest BCUT2D eigenvalue weighted by Crippen LogP contribution is 2.26. The Labute approximate surface area is 246 Å². The van der Waals surface area contributed by atoms with Crippen molar-refractivity contribution in [3.05, 3.63) is 89.2 Å². The highest BCUT2D eigenvalue weighted by molar-refractivity contribution is 5.72. The lowest BCUT2D eigenvalue weighted by Gasteiger charge is -2.22. The Hall–Kier alpha value is -4.11. The number of halogens is 1. The van der Waals surface area contributed by atoms with E-state index in [-0.39, 0.29) is 18.8 Å². The molecule has 1 N–H and O–H groups in total. The van der Waals surface area contributed by atoms with E-state index in [1.165, 1.54) is 23.3 Å². The number of fused-ring (bicyclic) bond motifs is 1. The molecule has 1 aliphatic rings. The van der Waals surface area contributed by atoms with Crippen LogP contribution in [0.15, 0.2) is 66.7 Å². The number of amides is 1. The van der Waals surface area contributed by atoms with Crippen LogP contribution < -0.4 is 14.2 Å². The van der Waals surface area contributed by atoms with Gasteiger partial charge in [-0.1, -0.05) is 18.2 Å². The highest BCUT2D eigenvalue weighted by Gasteiger charge is 2.19. The zero-order valence-corrected chi connectivity index (χ0v) is 23.9. The van der Waals surface area contributed by atoms with Crippen LogP contribution in [0.4, 0.5) is 9.18 Å². The number of carboxylic acids is 1. The number of carboxylic acid groups (broad SMARTS) is 1. The molecule has 42 heavy (non-hydrogen) atoms. The zero-order chi connectivity index (χ0) is 29.7. The molecule has 224 valence electrons. The SMILES string of the molecule is CCOC(Cc1ccc(OCCN(CCCCOc2ccc(F)cc2)C(=O)Oc2ccc3c(c2)CCC3)cc1)C(=O)O. The maximum Gasteiger partial charge on any atom is 0.415 e. The van der Waals surface area contributed by atoms with Gasteiger partial charge in [-0.05, 0) is 104 Å². The third-order valence-electron chi connectivity index (χ3n) is 7.06. The van der Waals surface area contributed by atoms with Crippen molar-refractivity contribution in [2.75, 3.05) is 32.9 Å². The predicted molar refractivity (Wildman–Crippen MR) is 156 cm³/mol. The Kier molecular flexibility index (Phi) is 11.6. The summed E-state index contributed by atoms with van der Waals surface area (Å²) in [6, 6.07) is 18.9. The molecule has 4 rings (SSSR count). The van der Waals surface area contributed by atoms with Crippen LogP contribution in [0.2, 0.25) is 0 Å². The molecule has 3 aromatic rings. The van der Waals surface area contributed by atoms with Gasteiger partial charge >= 0.3 is 12.1 Å². The first-order valence-electron chi connectivity index (χ1n) is 14.4. The smallest absolute Gasteiger partial charge is 0.415 e. The van der Waals surface area contributed by atoms with Crippen LogP contribution in [0.1, 0.15) is 42.9 Å². The lowest BCUT2D eigenvalue weighted by atomic mass is 10.1. The molecule has 0 bridgehead atoms. The van der Waals surface area contributed by atoms with Crippen LogP contribution in [0.3, 0.4) is 0 Å². The molecule has 1 amide bonds. The third kappa shape index (κ3) is 9.48. The molecule has 0 radical (unpaired) electrons. The molecule has 0 fully saturated rings. The fourth-order valence-electron chi connectivity index (χ4n) is 4.83. The molecule has 0 aliphatic heterocycles. The van der Waals surface area contributed by atoms with Crippen LogP contribution in [-0.2, 0) is 28.8 Å². The maximum absolute atomic E-state index is 13.1. The average molecular weight is 580 g/mol. The van der Waals surface area contributed by atoms with E-state index in [0.717, 1.165) is 24.8 Å². The summed E-state index contributed by atoms with van der Waals surface area (Å²) in [5.41, 5.74) is 3.36.